The lowest BCUT2D eigenvalue weighted by Gasteiger charge is -2.13. The summed E-state index contributed by atoms with van der Waals surface area (Å²) in [5.41, 5.74) is 2.88. The summed E-state index contributed by atoms with van der Waals surface area (Å²) in [6.07, 6.45) is 1.46. The zero-order chi connectivity index (χ0) is 22.7. The molecular formula is C23H22N4O4S. The van der Waals surface area contributed by atoms with E-state index in [1.54, 1.807) is 74.9 Å². The highest BCUT2D eigenvalue weighted by atomic mass is 32.2. The molecule has 0 bridgehead atoms. The molecule has 32 heavy (non-hydrogen) atoms. The maximum atomic E-state index is 12.6. The molecule has 3 aromatic carbocycles. The second kappa shape index (κ2) is 8.72. The summed E-state index contributed by atoms with van der Waals surface area (Å²) in [7, 11) is -0.527. The van der Waals surface area contributed by atoms with Crippen LogP contribution < -0.4 is 19.5 Å². The Hall–Kier alpha value is -3.85. The maximum Gasteiger partial charge on any atom is 0.261 e. The Balaban J connectivity index is 1.56. The number of hydrogen-bond acceptors (Lipinski definition) is 7. The van der Waals surface area contributed by atoms with E-state index in [-0.39, 0.29) is 4.90 Å². The Kier molecular flexibility index (Phi) is 5.83. The quantitative estimate of drug-likeness (QED) is 0.427. The molecule has 0 aliphatic rings. The molecule has 0 amide bonds. The van der Waals surface area contributed by atoms with Crippen LogP contribution in [-0.4, -0.2) is 32.6 Å². The van der Waals surface area contributed by atoms with Gasteiger partial charge in [-0.1, -0.05) is 17.7 Å². The molecule has 0 saturated carbocycles. The van der Waals surface area contributed by atoms with Crippen molar-refractivity contribution in [1.29, 1.82) is 0 Å². The van der Waals surface area contributed by atoms with Crippen LogP contribution in [0.3, 0.4) is 0 Å². The largest absolute Gasteiger partial charge is 0.493 e. The Morgan fingerprint density at radius 1 is 0.812 bits per heavy atom. The van der Waals surface area contributed by atoms with Gasteiger partial charge in [-0.05, 0) is 49.4 Å². The zero-order valence-electron chi connectivity index (χ0n) is 17.8. The van der Waals surface area contributed by atoms with E-state index in [0.29, 0.717) is 28.5 Å². The van der Waals surface area contributed by atoms with E-state index < -0.39 is 10.0 Å². The molecule has 0 aliphatic carbocycles. The average molecular weight is 451 g/mol. The van der Waals surface area contributed by atoms with E-state index in [0.717, 1.165) is 16.6 Å². The van der Waals surface area contributed by atoms with Crippen molar-refractivity contribution in [1.82, 2.24) is 9.97 Å². The Morgan fingerprint density at radius 2 is 1.44 bits per heavy atom. The number of ether oxygens (including phenoxy) is 2. The fraction of sp³-hybridized carbons (Fsp3) is 0.130. The van der Waals surface area contributed by atoms with E-state index in [4.69, 9.17) is 9.47 Å². The maximum absolute atomic E-state index is 12.6. The number of benzene rings is 3. The lowest BCUT2D eigenvalue weighted by molar-refractivity contribution is 0.356. The standard InChI is InChI=1S/C23H22N4O4S/c1-15-4-10-18(11-5-15)32(28,29)27-17-8-6-16(7-9-17)26-23-19-12-21(30-2)22(31-3)13-20(19)24-14-25-23/h4-14,27H,1-3H3,(H,24,25,26). The Labute approximate surface area is 186 Å². The summed E-state index contributed by atoms with van der Waals surface area (Å²) in [5.74, 6) is 1.73. The molecule has 0 atom stereocenters. The first-order chi connectivity index (χ1) is 15.4. The van der Waals surface area contributed by atoms with Crippen molar-refractivity contribution in [3.8, 4) is 11.5 Å². The molecule has 0 radical (unpaired) electrons. The smallest absolute Gasteiger partial charge is 0.261 e. The van der Waals surface area contributed by atoms with Crippen LogP contribution in [0.5, 0.6) is 11.5 Å². The molecule has 0 fully saturated rings. The van der Waals surface area contributed by atoms with Gasteiger partial charge in [0.25, 0.3) is 10.0 Å². The molecule has 2 N–H and O–H groups in total. The van der Waals surface area contributed by atoms with Gasteiger partial charge in [-0.25, -0.2) is 18.4 Å². The van der Waals surface area contributed by atoms with Crippen molar-refractivity contribution in [2.75, 3.05) is 24.3 Å². The van der Waals surface area contributed by atoms with E-state index in [1.165, 1.54) is 6.33 Å². The minimum absolute atomic E-state index is 0.210. The number of fused-ring (bicyclic) bond motifs is 1. The molecular weight excluding hydrogens is 428 g/mol. The van der Waals surface area contributed by atoms with Gasteiger partial charge in [0.1, 0.15) is 12.1 Å². The molecule has 0 saturated heterocycles. The van der Waals surface area contributed by atoms with Gasteiger partial charge in [-0.15, -0.1) is 0 Å². The molecule has 0 aliphatic heterocycles. The number of nitrogens with one attached hydrogen (secondary N) is 2. The molecule has 4 aromatic rings. The number of aryl methyl sites for hydroxylation is 1. The van der Waals surface area contributed by atoms with Gasteiger partial charge in [0.15, 0.2) is 11.5 Å². The minimum Gasteiger partial charge on any atom is -0.493 e. The van der Waals surface area contributed by atoms with Crippen molar-refractivity contribution in [2.45, 2.75) is 11.8 Å². The fourth-order valence-electron chi connectivity index (χ4n) is 3.17. The van der Waals surface area contributed by atoms with E-state index in [1.807, 2.05) is 6.92 Å². The summed E-state index contributed by atoms with van der Waals surface area (Å²) in [4.78, 5) is 8.83. The van der Waals surface area contributed by atoms with Gasteiger partial charge in [0, 0.05) is 22.8 Å². The first kappa shape index (κ1) is 21.4. The highest BCUT2D eigenvalue weighted by molar-refractivity contribution is 7.92. The average Bonchev–Trinajstić information content (AvgIpc) is 2.79. The molecule has 1 aromatic heterocycles. The van der Waals surface area contributed by atoms with Crippen LogP contribution in [0.4, 0.5) is 17.2 Å². The lowest BCUT2D eigenvalue weighted by atomic mass is 10.2. The van der Waals surface area contributed by atoms with Crippen LogP contribution in [0.25, 0.3) is 10.9 Å². The number of methoxy groups -OCH3 is 2. The van der Waals surface area contributed by atoms with Crippen molar-refractivity contribution in [2.24, 2.45) is 0 Å². The van der Waals surface area contributed by atoms with E-state index in [2.05, 4.69) is 20.0 Å². The van der Waals surface area contributed by atoms with Crippen LogP contribution >= 0.6 is 0 Å². The van der Waals surface area contributed by atoms with Gasteiger partial charge in [0.2, 0.25) is 0 Å². The van der Waals surface area contributed by atoms with Gasteiger partial charge < -0.3 is 14.8 Å². The number of nitrogens with zero attached hydrogens (tertiary/aromatic N) is 2. The minimum atomic E-state index is -3.66. The zero-order valence-corrected chi connectivity index (χ0v) is 18.6. The van der Waals surface area contributed by atoms with E-state index >= 15 is 0 Å². The molecule has 9 heteroatoms. The topological polar surface area (TPSA) is 102 Å². The predicted octanol–water partition coefficient (Wildman–Crippen LogP) is 4.50. The van der Waals surface area contributed by atoms with Crippen LogP contribution in [0.2, 0.25) is 0 Å². The first-order valence-corrected chi connectivity index (χ1v) is 11.2. The number of aromatic nitrogens is 2. The van der Waals surface area contributed by atoms with Crippen LogP contribution in [0, 0.1) is 6.92 Å². The van der Waals surface area contributed by atoms with Gasteiger partial charge in [-0.3, -0.25) is 4.72 Å². The number of hydrogen-bond donors (Lipinski definition) is 2. The fourth-order valence-corrected chi connectivity index (χ4v) is 4.23. The molecule has 4 rings (SSSR count). The second-order valence-electron chi connectivity index (χ2n) is 7.07. The summed E-state index contributed by atoms with van der Waals surface area (Å²) in [6.45, 7) is 1.91. The first-order valence-electron chi connectivity index (χ1n) is 9.73. The van der Waals surface area contributed by atoms with Crippen molar-refractivity contribution < 1.29 is 17.9 Å². The van der Waals surface area contributed by atoms with Crippen molar-refractivity contribution in [3.63, 3.8) is 0 Å². The molecule has 164 valence electrons. The Morgan fingerprint density at radius 3 is 2.09 bits per heavy atom. The molecule has 0 spiro atoms. The van der Waals surface area contributed by atoms with Crippen molar-refractivity contribution >= 4 is 38.1 Å². The summed E-state index contributed by atoms with van der Waals surface area (Å²) in [6, 6.07) is 17.2. The summed E-state index contributed by atoms with van der Waals surface area (Å²) in [5, 5.41) is 4.00. The van der Waals surface area contributed by atoms with Crippen LogP contribution in [0.1, 0.15) is 5.56 Å². The summed E-state index contributed by atoms with van der Waals surface area (Å²) >= 11 is 0. The second-order valence-corrected chi connectivity index (χ2v) is 8.75. The molecule has 8 nitrogen and oxygen atoms in total. The monoisotopic (exact) mass is 450 g/mol. The molecule has 1 heterocycles. The van der Waals surface area contributed by atoms with Gasteiger partial charge >= 0.3 is 0 Å². The SMILES string of the molecule is COc1cc2ncnc(Nc3ccc(NS(=O)(=O)c4ccc(C)cc4)cc3)c2cc1OC. The number of anilines is 3. The lowest BCUT2D eigenvalue weighted by Crippen LogP contribution is -2.12. The highest BCUT2D eigenvalue weighted by Crippen LogP contribution is 2.34. The van der Waals surface area contributed by atoms with Crippen molar-refractivity contribution in [3.05, 3.63) is 72.6 Å². The molecule has 0 unspecified atom stereocenters. The highest BCUT2D eigenvalue weighted by Gasteiger charge is 2.14. The van der Waals surface area contributed by atoms with Crippen LogP contribution in [0.15, 0.2) is 71.9 Å². The Bertz CT molecular complexity index is 1360. The number of sulfonamides is 1. The van der Waals surface area contributed by atoms with Crippen LogP contribution in [-0.2, 0) is 10.0 Å². The summed E-state index contributed by atoms with van der Waals surface area (Å²) < 4.78 is 38.5. The third-order valence-corrected chi connectivity index (χ3v) is 6.27. The third-order valence-electron chi connectivity index (χ3n) is 4.87. The van der Waals surface area contributed by atoms with Gasteiger partial charge in [0.05, 0.1) is 24.6 Å². The normalized spacial score (nSPS) is 11.2. The van der Waals surface area contributed by atoms with E-state index in [9.17, 15) is 8.42 Å². The number of rotatable bonds is 7. The predicted molar refractivity (Wildman–Crippen MR) is 124 cm³/mol. The van der Waals surface area contributed by atoms with Gasteiger partial charge in [-0.2, -0.15) is 0 Å². The third kappa shape index (κ3) is 4.42.